The highest BCUT2D eigenvalue weighted by Gasteiger charge is 2.10. The van der Waals surface area contributed by atoms with Crippen LogP contribution in [0, 0.1) is 0 Å². The quantitative estimate of drug-likeness (QED) is 0.460. The Balaban J connectivity index is 2.42. The minimum absolute atomic E-state index is 0.760. The van der Waals surface area contributed by atoms with Crippen LogP contribution >= 0.6 is 11.3 Å². The van der Waals surface area contributed by atoms with E-state index in [9.17, 15) is 0 Å². The molecule has 6 heteroatoms. The van der Waals surface area contributed by atoms with Gasteiger partial charge < -0.3 is 0 Å². The molecular formula is C10H5N5S. The van der Waals surface area contributed by atoms with Crippen molar-refractivity contribution in [1.29, 1.82) is 0 Å². The summed E-state index contributed by atoms with van der Waals surface area (Å²) in [5, 5.41) is 9.02. The molecule has 4 aromatic rings. The third kappa shape index (κ3) is 0.892. The average molecular weight is 227 g/mol. The maximum atomic E-state index is 4.34. The van der Waals surface area contributed by atoms with Gasteiger partial charge in [0, 0.05) is 17.8 Å². The van der Waals surface area contributed by atoms with Crippen molar-refractivity contribution in [3.63, 3.8) is 0 Å². The van der Waals surface area contributed by atoms with Gasteiger partial charge in [-0.15, -0.1) is 16.4 Å². The van der Waals surface area contributed by atoms with Crippen molar-refractivity contribution < 1.29 is 0 Å². The summed E-state index contributed by atoms with van der Waals surface area (Å²) in [6.45, 7) is 0. The maximum absolute atomic E-state index is 4.34. The van der Waals surface area contributed by atoms with Crippen molar-refractivity contribution >= 4 is 37.4 Å². The maximum Gasteiger partial charge on any atom is 0.176 e. The molecular weight excluding hydrogens is 222 g/mol. The smallest absolute Gasteiger partial charge is 0.176 e. The van der Waals surface area contributed by atoms with Crippen molar-refractivity contribution in [2.75, 3.05) is 0 Å². The lowest BCUT2D eigenvalue weighted by Crippen LogP contribution is -1.90. The molecule has 0 unspecified atom stereocenters. The van der Waals surface area contributed by atoms with Gasteiger partial charge in [-0.3, -0.25) is 0 Å². The van der Waals surface area contributed by atoms with E-state index in [1.54, 1.807) is 28.2 Å². The molecule has 5 nitrogen and oxygen atoms in total. The Hall–Kier alpha value is -2.08. The Kier molecular flexibility index (Phi) is 1.39. The van der Waals surface area contributed by atoms with Crippen LogP contribution in [0.15, 0.2) is 30.7 Å². The Labute approximate surface area is 93.4 Å². The van der Waals surface area contributed by atoms with Gasteiger partial charge in [0.15, 0.2) is 5.65 Å². The fraction of sp³-hybridized carbons (Fsp3) is 0. The number of fused-ring (bicyclic) bond motifs is 5. The predicted octanol–water partition coefficient (Wildman–Crippen LogP) is 1.89. The summed E-state index contributed by atoms with van der Waals surface area (Å²) in [7, 11) is 0. The van der Waals surface area contributed by atoms with E-state index >= 15 is 0 Å². The number of hydrogen-bond donors (Lipinski definition) is 0. The highest BCUT2D eigenvalue weighted by Crippen LogP contribution is 2.31. The molecule has 0 saturated heterocycles. The first kappa shape index (κ1) is 8.12. The van der Waals surface area contributed by atoms with E-state index in [0.29, 0.717) is 0 Å². The molecule has 0 bridgehead atoms. The number of thiophene rings is 1. The molecule has 0 aliphatic carbocycles. The molecule has 0 aromatic carbocycles. The largest absolute Gasteiger partial charge is 0.245 e. The SMILES string of the molecule is c1cnc2sc3cnc4cnnn4c3c2c1. The van der Waals surface area contributed by atoms with Gasteiger partial charge in [0.05, 0.1) is 16.4 Å². The van der Waals surface area contributed by atoms with Crippen LogP contribution in [0.25, 0.3) is 26.1 Å². The molecule has 0 aliphatic rings. The Bertz CT molecular complexity index is 816. The lowest BCUT2D eigenvalue weighted by molar-refractivity contribution is 0.878. The third-order valence-corrected chi connectivity index (χ3v) is 3.56. The van der Waals surface area contributed by atoms with Gasteiger partial charge in [0.2, 0.25) is 0 Å². The highest BCUT2D eigenvalue weighted by atomic mass is 32.1. The summed E-state index contributed by atoms with van der Waals surface area (Å²) >= 11 is 1.62. The molecule has 0 spiro atoms. The summed E-state index contributed by atoms with van der Waals surface area (Å²) < 4.78 is 2.84. The molecule has 76 valence electrons. The first-order valence-electron chi connectivity index (χ1n) is 4.76. The summed E-state index contributed by atoms with van der Waals surface area (Å²) in [4.78, 5) is 9.63. The van der Waals surface area contributed by atoms with E-state index in [-0.39, 0.29) is 0 Å². The van der Waals surface area contributed by atoms with Crippen LogP contribution in [0.2, 0.25) is 0 Å². The molecule has 0 aliphatic heterocycles. The number of nitrogens with zero attached hydrogens (tertiary/aromatic N) is 5. The topological polar surface area (TPSA) is 56.0 Å². The lowest BCUT2D eigenvalue weighted by Gasteiger charge is -1.93. The van der Waals surface area contributed by atoms with Crippen molar-refractivity contribution in [3.8, 4) is 0 Å². The van der Waals surface area contributed by atoms with Crippen LogP contribution < -0.4 is 0 Å². The van der Waals surface area contributed by atoms with Crippen molar-refractivity contribution in [1.82, 2.24) is 24.8 Å². The van der Waals surface area contributed by atoms with Crippen molar-refractivity contribution in [2.45, 2.75) is 0 Å². The standard InChI is InChI=1S/C10H5N5S/c1-2-6-9-7(16-10(6)11-3-1)4-12-8-5-13-14-15(8)9/h1-5H. The molecule has 4 heterocycles. The van der Waals surface area contributed by atoms with E-state index in [1.165, 1.54) is 0 Å². The van der Waals surface area contributed by atoms with E-state index in [2.05, 4.69) is 20.3 Å². The number of rotatable bonds is 0. The first-order valence-corrected chi connectivity index (χ1v) is 5.58. The second-order valence-corrected chi connectivity index (χ2v) is 4.46. The summed E-state index contributed by atoms with van der Waals surface area (Å²) in [6.07, 6.45) is 5.29. The van der Waals surface area contributed by atoms with Gasteiger partial charge in [-0.2, -0.15) is 4.52 Å². The van der Waals surface area contributed by atoms with E-state index in [4.69, 9.17) is 0 Å². The van der Waals surface area contributed by atoms with Crippen LogP contribution in [-0.2, 0) is 0 Å². The zero-order valence-corrected chi connectivity index (χ0v) is 8.85. The van der Waals surface area contributed by atoms with Gasteiger partial charge in [-0.05, 0) is 12.1 Å². The van der Waals surface area contributed by atoms with Crippen LogP contribution in [0.1, 0.15) is 0 Å². The van der Waals surface area contributed by atoms with E-state index in [0.717, 1.165) is 26.1 Å². The number of aromatic nitrogens is 5. The Morgan fingerprint density at radius 2 is 2.19 bits per heavy atom. The zero-order valence-electron chi connectivity index (χ0n) is 8.03. The third-order valence-electron chi connectivity index (χ3n) is 2.52. The molecule has 0 fully saturated rings. The van der Waals surface area contributed by atoms with Crippen LogP contribution in [-0.4, -0.2) is 24.8 Å². The molecule has 0 N–H and O–H groups in total. The summed E-state index contributed by atoms with van der Waals surface area (Å²) in [5.41, 5.74) is 1.80. The molecule has 4 aromatic heterocycles. The molecule has 4 rings (SSSR count). The minimum atomic E-state index is 0.760. The summed E-state index contributed by atoms with van der Waals surface area (Å²) in [5.74, 6) is 0. The minimum Gasteiger partial charge on any atom is -0.245 e. The van der Waals surface area contributed by atoms with Crippen LogP contribution in [0.5, 0.6) is 0 Å². The van der Waals surface area contributed by atoms with Crippen molar-refractivity contribution in [2.24, 2.45) is 0 Å². The lowest BCUT2D eigenvalue weighted by atomic mass is 10.3. The molecule has 0 amide bonds. The Morgan fingerprint density at radius 1 is 1.19 bits per heavy atom. The van der Waals surface area contributed by atoms with E-state index in [1.807, 2.05) is 18.3 Å². The van der Waals surface area contributed by atoms with E-state index < -0.39 is 0 Å². The molecule has 0 radical (unpaired) electrons. The predicted molar refractivity (Wildman–Crippen MR) is 61.5 cm³/mol. The fourth-order valence-corrected chi connectivity index (χ4v) is 2.84. The monoisotopic (exact) mass is 227 g/mol. The number of hydrogen-bond acceptors (Lipinski definition) is 5. The molecule has 16 heavy (non-hydrogen) atoms. The second-order valence-electron chi connectivity index (χ2n) is 3.43. The van der Waals surface area contributed by atoms with Gasteiger partial charge in [0.1, 0.15) is 4.83 Å². The van der Waals surface area contributed by atoms with Crippen molar-refractivity contribution in [3.05, 3.63) is 30.7 Å². The highest BCUT2D eigenvalue weighted by molar-refractivity contribution is 7.25. The van der Waals surface area contributed by atoms with Gasteiger partial charge in [0.25, 0.3) is 0 Å². The van der Waals surface area contributed by atoms with Gasteiger partial charge in [-0.25, -0.2) is 9.97 Å². The van der Waals surface area contributed by atoms with Gasteiger partial charge >= 0.3 is 0 Å². The van der Waals surface area contributed by atoms with Crippen LogP contribution in [0.3, 0.4) is 0 Å². The number of pyridine rings is 1. The fourth-order valence-electron chi connectivity index (χ4n) is 1.85. The van der Waals surface area contributed by atoms with Gasteiger partial charge in [-0.1, -0.05) is 5.21 Å². The second kappa shape index (κ2) is 2.73. The average Bonchev–Trinajstić information content (AvgIpc) is 2.91. The zero-order chi connectivity index (χ0) is 10.5. The summed E-state index contributed by atoms with van der Waals surface area (Å²) in [6, 6.07) is 3.97. The molecule has 0 atom stereocenters. The first-order chi connectivity index (χ1) is 7.93. The molecule has 0 saturated carbocycles. The Morgan fingerprint density at radius 3 is 3.19 bits per heavy atom. The normalized spacial score (nSPS) is 11.8. The van der Waals surface area contributed by atoms with Crippen LogP contribution in [0.4, 0.5) is 0 Å².